The maximum absolute atomic E-state index is 13.0. The van der Waals surface area contributed by atoms with Crippen LogP contribution in [0.4, 0.5) is 10.5 Å². The molecule has 2 amide bonds. The highest BCUT2D eigenvalue weighted by Crippen LogP contribution is 2.36. The quantitative estimate of drug-likeness (QED) is 0.179. The Kier molecular flexibility index (Phi) is 7.35. The lowest BCUT2D eigenvalue weighted by molar-refractivity contribution is -0.384. The Balaban J connectivity index is 1.52. The summed E-state index contributed by atoms with van der Waals surface area (Å²) >= 11 is 10.2. The molecule has 4 rings (SSSR count). The minimum absolute atomic E-state index is 0.0262. The molecule has 0 aromatic heterocycles. The number of nitrogens with zero attached hydrogens (tertiary/aromatic N) is 2. The molecule has 34 heavy (non-hydrogen) atoms. The van der Waals surface area contributed by atoms with E-state index in [1.807, 2.05) is 24.3 Å². The van der Waals surface area contributed by atoms with E-state index in [1.165, 1.54) is 24.3 Å². The first-order valence-corrected chi connectivity index (χ1v) is 11.9. The molecule has 0 atom stereocenters. The number of halogens is 2. The van der Waals surface area contributed by atoms with Crippen molar-refractivity contribution in [2.24, 2.45) is 0 Å². The molecule has 0 radical (unpaired) electrons. The Labute approximate surface area is 212 Å². The molecular weight excluding hydrogens is 544 g/mol. The molecule has 1 saturated heterocycles. The van der Waals surface area contributed by atoms with Crippen molar-refractivity contribution in [3.8, 4) is 5.75 Å². The van der Waals surface area contributed by atoms with Crippen LogP contribution in [0.15, 0.2) is 76.1 Å². The normalized spacial score (nSPS) is 14.6. The number of nitro groups is 1. The van der Waals surface area contributed by atoms with Crippen LogP contribution in [0.25, 0.3) is 6.08 Å². The van der Waals surface area contributed by atoms with Gasteiger partial charge in [-0.3, -0.25) is 24.6 Å². The van der Waals surface area contributed by atoms with E-state index in [1.54, 1.807) is 24.3 Å². The lowest BCUT2D eigenvalue weighted by Gasteiger charge is -2.12. The van der Waals surface area contributed by atoms with E-state index < -0.39 is 16.1 Å². The fraction of sp³-hybridized carbons (Fsp3) is 0.0833. The number of rotatable bonds is 7. The van der Waals surface area contributed by atoms with Crippen molar-refractivity contribution in [1.82, 2.24) is 4.90 Å². The average Bonchev–Trinajstić information content (AvgIpc) is 3.07. The number of ether oxygens (including phenoxy) is 1. The van der Waals surface area contributed by atoms with Gasteiger partial charge in [-0.25, -0.2) is 0 Å². The minimum Gasteiger partial charge on any atom is -0.488 e. The van der Waals surface area contributed by atoms with Crippen molar-refractivity contribution in [3.05, 3.63) is 108 Å². The van der Waals surface area contributed by atoms with Crippen LogP contribution in [0.5, 0.6) is 5.75 Å². The van der Waals surface area contributed by atoms with E-state index in [2.05, 4.69) is 15.9 Å². The minimum atomic E-state index is -0.503. The van der Waals surface area contributed by atoms with Crippen LogP contribution < -0.4 is 4.74 Å². The molecule has 1 aliphatic rings. The van der Waals surface area contributed by atoms with Crippen LogP contribution in [0, 0.1) is 10.1 Å². The number of carbonyl (C=O) groups is 2. The Bertz CT molecular complexity index is 1300. The van der Waals surface area contributed by atoms with Gasteiger partial charge in [0.25, 0.3) is 16.8 Å². The average molecular weight is 560 g/mol. The van der Waals surface area contributed by atoms with Crippen LogP contribution in [0.1, 0.15) is 16.7 Å². The smallest absolute Gasteiger partial charge is 0.293 e. The maximum Gasteiger partial charge on any atom is 0.293 e. The summed E-state index contributed by atoms with van der Waals surface area (Å²) in [5.41, 5.74) is 2.13. The summed E-state index contributed by atoms with van der Waals surface area (Å²) < 4.78 is 6.75. The topological polar surface area (TPSA) is 89.8 Å². The fourth-order valence-corrected chi connectivity index (χ4v) is 4.52. The number of hydrogen-bond donors (Lipinski definition) is 0. The van der Waals surface area contributed by atoms with Gasteiger partial charge in [-0.05, 0) is 59.3 Å². The van der Waals surface area contributed by atoms with Crippen LogP contribution in [-0.4, -0.2) is 21.0 Å². The van der Waals surface area contributed by atoms with E-state index >= 15 is 0 Å². The second-order valence-corrected chi connectivity index (χ2v) is 9.63. The predicted molar refractivity (Wildman–Crippen MR) is 135 cm³/mol. The molecule has 3 aromatic rings. The molecule has 3 aromatic carbocycles. The second-order valence-electron chi connectivity index (χ2n) is 7.29. The van der Waals surface area contributed by atoms with E-state index in [4.69, 9.17) is 16.3 Å². The number of imide groups is 1. The zero-order valence-electron chi connectivity index (χ0n) is 17.4. The van der Waals surface area contributed by atoms with Gasteiger partial charge >= 0.3 is 0 Å². The molecule has 1 aliphatic heterocycles. The molecule has 10 heteroatoms. The summed E-state index contributed by atoms with van der Waals surface area (Å²) in [6.07, 6.45) is 1.63. The summed E-state index contributed by atoms with van der Waals surface area (Å²) in [5, 5.41) is 11.1. The largest absolute Gasteiger partial charge is 0.488 e. The van der Waals surface area contributed by atoms with Crippen molar-refractivity contribution < 1.29 is 19.2 Å². The van der Waals surface area contributed by atoms with Crippen molar-refractivity contribution in [1.29, 1.82) is 0 Å². The Morgan fingerprint density at radius 2 is 1.71 bits per heavy atom. The Hall–Kier alpha value is -3.14. The number of non-ortho nitro benzene ring substituents is 1. The molecule has 0 bridgehead atoms. The Morgan fingerprint density at radius 3 is 2.38 bits per heavy atom. The third-order valence-corrected chi connectivity index (χ3v) is 6.58. The molecule has 1 heterocycles. The van der Waals surface area contributed by atoms with Crippen molar-refractivity contribution >= 4 is 62.2 Å². The summed E-state index contributed by atoms with van der Waals surface area (Å²) in [4.78, 5) is 37.2. The number of thioether (sulfide) groups is 1. The van der Waals surface area contributed by atoms with Gasteiger partial charge in [0.2, 0.25) is 0 Å². The third kappa shape index (κ3) is 5.67. The molecule has 1 fully saturated rings. The fourth-order valence-electron chi connectivity index (χ4n) is 3.19. The lowest BCUT2D eigenvalue weighted by atomic mass is 10.1. The third-order valence-electron chi connectivity index (χ3n) is 4.93. The first-order valence-electron chi connectivity index (χ1n) is 9.95. The number of amides is 2. The van der Waals surface area contributed by atoms with Gasteiger partial charge in [0.05, 0.1) is 16.4 Å². The maximum atomic E-state index is 13.0. The van der Waals surface area contributed by atoms with Gasteiger partial charge in [-0.2, -0.15) is 0 Å². The van der Waals surface area contributed by atoms with Crippen LogP contribution >= 0.6 is 39.3 Å². The highest BCUT2D eigenvalue weighted by Gasteiger charge is 2.35. The number of benzene rings is 3. The molecule has 7 nitrogen and oxygen atoms in total. The van der Waals surface area contributed by atoms with Crippen molar-refractivity contribution in [2.45, 2.75) is 13.2 Å². The van der Waals surface area contributed by atoms with Gasteiger partial charge < -0.3 is 4.74 Å². The second kappa shape index (κ2) is 10.4. The van der Waals surface area contributed by atoms with E-state index in [0.717, 1.165) is 26.7 Å². The first-order chi connectivity index (χ1) is 16.3. The summed E-state index contributed by atoms with van der Waals surface area (Å²) in [6, 6.07) is 18.5. The number of nitro benzene ring substituents is 1. The summed E-state index contributed by atoms with van der Waals surface area (Å²) in [5.74, 6) is 0.122. The predicted octanol–water partition coefficient (Wildman–Crippen LogP) is 6.83. The molecular formula is C24H16BrClN2O5S. The zero-order valence-corrected chi connectivity index (χ0v) is 20.6. The van der Waals surface area contributed by atoms with E-state index in [0.29, 0.717) is 28.5 Å². The molecule has 172 valence electrons. The van der Waals surface area contributed by atoms with Gasteiger partial charge in [-0.15, -0.1) is 0 Å². The van der Waals surface area contributed by atoms with Crippen molar-refractivity contribution in [2.75, 3.05) is 0 Å². The highest BCUT2D eigenvalue weighted by atomic mass is 79.9. The number of hydrogen-bond acceptors (Lipinski definition) is 6. The SMILES string of the molecule is O=C1S/C(=C/c2cc(Br)ccc2OCc2ccc(Cl)cc2)C(=O)N1Cc1ccc([N+](=O)[O-])cc1. The Morgan fingerprint density at radius 1 is 1.03 bits per heavy atom. The highest BCUT2D eigenvalue weighted by molar-refractivity contribution is 9.10. The van der Waals surface area contributed by atoms with Gasteiger partial charge in [-0.1, -0.05) is 51.8 Å². The van der Waals surface area contributed by atoms with Gasteiger partial charge in [0, 0.05) is 27.2 Å². The molecule has 0 N–H and O–H groups in total. The molecule has 0 saturated carbocycles. The van der Waals surface area contributed by atoms with Crippen LogP contribution in [0.2, 0.25) is 5.02 Å². The van der Waals surface area contributed by atoms with E-state index in [-0.39, 0.29) is 17.1 Å². The first kappa shape index (κ1) is 24.0. The molecule has 0 aliphatic carbocycles. The monoisotopic (exact) mass is 558 g/mol. The number of carbonyl (C=O) groups excluding carboxylic acids is 2. The zero-order chi connectivity index (χ0) is 24.2. The van der Waals surface area contributed by atoms with E-state index in [9.17, 15) is 19.7 Å². The summed E-state index contributed by atoms with van der Waals surface area (Å²) in [7, 11) is 0. The van der Waals surface area contributed by atoms with Crippen LogP contribution in [-0.2, 0) is 17.9 Å². The lowest BCUT2D eigenvalue weighted by Crippen LogP contribution is -2.27. The van der Waals surface area contributed by atoms with Gasteiger partial charge in [0.15, 0.2) is 0 Å². The molecule has 0 unspecified atom stereocenters. The molecule has 0 spiro atoms. The van der Waals surface area contributed by atoms with Crippen LogP contribution in [0.3, 0.4) is 0 Å². The van der Waals surface area contributed by atoms with Gasteiger partial charge in [0.1, 0.15) is 12.4 Å². The summed E-state index contributed by atoms with van der Waals surface area (Å²) in [6.45, 7) is 0.333. The van der Waals surface area contributed by atoms with Crippen molar-refractivity contribution in [3.63, 3.8) is 0 Å². The standard InChI is InChI=1S/C24H16BrClN2O5S/c25-18-5-10-21(33-14-16-1-6-19(26)7-2-16)17(11-18)12-22-23(29)27(24(30)34-22)13-15-3-8-20(9-4-15)28(31)32/h1-12H,13-14H2/b22-12+.